The van der Waals surface area contributed by atoms with E-state index in [1.165, 1.54) is 18.5 Å². The zero-order valence-corrected chi connectivity index (χ0v) is 23.0. The topological polar surface area (TPSA) is 88.4 Å². The first kappa shape index (κ1) is 25.1. The van der Waals surface area contributed by atoms with Crippen LogP contribution >= 0.6 is 0 Å². The van der Waals surface area contributed by atoms with Crippen molar-refractivity contribution in [2.75, 3.05) is 44.7 Å². The first-order valence-corrected chi connectivity index (χ1v) is 14.0. The first-order valence-electron chi connectivity index (χ1n) is 14.0. The van der Waals surface area contributed by atoms with Crippen LogP contribution in [0.2, 0.25) is 0 Å². The lowest BCUT2D eigenvalue weighted by atomic mass is 9.80. The maximum absolute atomic E-state index is 12.0. The number of benzene rings is 1. The van der Waals surface area contributed by atoms with Crippen LogP contribution in [0.4, 0.5) is 10.5 Å². The third kappa shape index (κ3) is 5.48. The van der Waals surface area contributed by atoms with Gasteiger partial charge < -0.3 is 19.9 Å². The second-order valence-electron chi connectivity index (χ2n) is 12.3. The summed E-state index contributed by atoms with van der Waals surface area (Å²) in [5, 5.41) is 7.95. The number of carbonyl (C=O) groups is 1. The molecule has 6 rings (SSSR count). The van der Waals surface area contributed by atoms with Crippen molar-refractivity contribution in [3.8, 4) is 11.3 Å². The Hall–Kier alpha value is -3.20. The number of nitrogens with zero attached hydrogens (tertiary/aromatic N) is 6. The highest BCUT2D eigenvalue weighted by atomic mass is 16.6. The fourth-order valence-corrected chi connectivity index (χ4v) is 5.46. The summed E-state index contributed by atoms with van der Waals surface area (Å²) in [5.41, 5.74) is 5.77. The fourth-order valence-electron chi connectivity index (χ4n) is 5.46. The summed E-state index contributed by atoms with van der Waals surface area (Å²) >= 11 is 0. The molecule has 0 spiro atoms. The number of ether oxygens (including phenoxy) is 1. The Morgan fingerprint density at radius 1 is 1.11 bits per heavy atom. The predicted octanol–water partition coefficient (Wildman–Crippen LogP) is 4.60. The van der Waals surface area contributed by atoms with Crippen molar-refractivity contribution in [2.45, 2.75) is 64.0 Å². The van der Waals surface area contributed by atoms with Crippen molar-refractivity contribution < 1.29 is 9.53 Å². The van der Waals surface area contributed by atoms with Crippen LogP contribution in [0.1, 0.15) is 64.1 Å². The lowest BCUT2D eigenvalue weighted by Gasteiger charge is -2.35. The summed E-state index contributed by atoms with van der Waals surface area (Å²) < 4.78 is 7.49. The minimum atomic E-state index is -0.477. The number of carbonyl (C=O) groups excluding carboxylic acids is 1. The van der Waals surface area contributed by atoms with Gasteiger partial charge in [0.15, 0.2) is 0 Å². The van der Waals surface area contributed by atoms with Gasteiger partial charge >= 0.3 is 6.09 Å². The first-order chi connectivity index (χ1) is 18.2. The summed E-state index contributed by atoms with van der Waals surface area (Å²) in [5.74, 6) is 0.965. The van der Waals surface area contributed by atoms with Gasteiger partial charge in [-0.1, -0.05) is 0 Å². The average Bonchev–Trinajstić information content (AvgIpc) is 3.61. The second-order valence-corrected chi connectivity index (χ2v) is 12.3. The number of hydrogen-bond donors (Lipinski definition) is 1. The molecule has 0 radical (unpaired) electrons. The zero-order valence-electron chi connectivity index (χ0n) is 23.0. The Morgan fingerprint density at radius 3 is 2.58 bits per heavy atom. The Bertz CT molecular complexity index is 1310. The average molecular weight is 518 g/mol. The van der Waals surface area contributed by atoms with Crippen LogP contribution in [0.3, 0.4) is 0 Å². The van der Waals surface area contributed by atoms with Gasteiger partial charge in [0.1, 0.15) is 5.60 Å². The van der Waals surface area contributed by atoms with Gasteiger partial charge in [-0.15, -0.1) is 0 Å². The van der Waals surface area contributed by atoms with Crippen LogP contribution in [-0.4, -0.2) is 76.1 Å². The Balaban J connectivity index is 1.14. The molecular weight excluding hydrogens is 478 g/mol. The van der Waals surface area contributed by atoms with Gasteiger partial charge in [-0.25, -0.2) is 9.78 Å². The molecule has 9 heteroatoms. The van der Waals surface area contributed by atoms with Crippen molar-refractivity contribution in [3.05, 3.63) is 36.3 Å². The quantitative estimate of drug-likeness (QED) is 0.511. The molecule has 0 unspecified atom stereocenters. The number of amides is 1. The summed E-state index contributed by atoms with van der Waals surface area (Å²) in [4.78, 5) is 26.6. The molecule has 2 saturated carbocycles. The summed E-state index contributed by atoms with van der Waals surface area (Å²) in [7, 11) is 2.18. The normalized spacial score (nSPS) is 22.4. The van der Waals surface area contributed by atoms with E-state index in [1.807, 2.05) is 27.0 Å². The Morgan fingerprint density at radius 2 is 1.87 bits per heavy atom. The molecule has 1 saturated heterocycles. The van der Waals surface area contributed by atoms with Crippen LogP contribution in [-0.2, 0) is 4.74 Å². The largest absolute Gasteiger partial charge is 0.444 e. The molecule has 3 aliphatic rings. The van der Waals surface area contributed by atoms with Gasteiger partial charge in [0.2, 0.25) is 0 Å². The number of rotatable bonds is 6. The number of piperazine rings is 1. The molecule has 1 aliphatic heterocycles. The maximum Gasteiger partial charge on any atom is 0.407 e. The minimum Gasteiger partial charge on any atom is -0.444 e. The van der Waals surface area contributed by atoms with Crippen LogP contribution in [0.15, 0.2) is 30.6 Å². The molecule has 0 atom stereocenters. The molecule has 1 aromatic carbocycles. The van der Waals surface area contributed by atoms with E-state index in [-0.39, 0.29) is 6.09 Å². The van der Waals surface area contributed by atoms with E-state index in [0.29, 0.717) is 24.4 Å². The van der Waals surface area contributed by atoms with Gasteiger partial charge in [0.05, 0.1) is 34.7 Å². The van der Waals surface area contributed by atoms with E-state index in [0.717, 1.165) is 67.0 Å². The highest BCUT2D eigenvalue weighted by molar-refractivity contribution is 5.81. The predicted molar refractivity (Wildman–Crippen MR) is 148 cm³/mol. The van der Waals surface area contributed by atoms with Gasteiger partial charge in [-0.05, 0) is 77.6 Å². The number of anilines is 1. The fraction of sp³-hybridized carbons (Fsp3) is 0.586. The molecule has 3 heterocycles. The molecule has 3 aromatic rings. The van der Waals surface area contributed by atoms with E-state index < -0.39 is 5.60 Å². The van der Waals surface area contributed by atoms with Crippen LogP contribution in [0.25, 0.3) is 22.3 Å². The van der Waals surface area contributed by atoms with Crippen molar-refractivity contribution in [3.63, 3.8) is 0 Å². The van der Waals surface area contributed by atoms with E-state index >= 15 is 0 Å². The van der Waals surface area contributed by atoms with E-state index in [9.17, 15) is 4.79 Å². The zero-order chi connectivity index (χ0) is 26.4. The summed E-state index contributed by atoms with van der Waals surface area (Å²) in [6.45, 7) is 10.5. The van der Waals surface area contributed by atoms with Crippen molar-refractivity contribution in [1.82, 2.24) is 30.0 Å². The maximum atomic E-state index is 12.0. The molecule has 38 heavy (non-hydrogen) atoms. The molecule has 3 fully saturated rings. The van der Waals surface area contributed by atoms with Gasteiger partial charge in [-0.3, -0.25) is 9.67 Å². The van der Waals surface area contributed by atoms with Gasteiger partial charge in [0, 0.05) is 56.1 Å². The van der Waals surface area contributed by atoms with Gasteiger partial charge in [-0.2, -0.15) is 5.10 Å². The molecule has 2 aromatic heterocycles. The van der Waals surface area contributed by atoms with Crippen LogP contribution in [0.5, 0.6) is 0 Å². The number of alkyl carbamates (subject to hydrolysis) is 1. The molecule has 9 nitrogen and oxygen atoms in total. The van der Waals surface area contributed by atoms with Crippen molar-refractivity contribution in [2.24, 2.45) is 5.92 Å². The number of fused-ring (bicyclic) bond motifs is 1. The third-order valence-corrected chi connectivity index (χ3v) is 7.91. The van der Waals surface area contributed by atoms with Crippen molar-refractivity contribution in [1.29, 1.82) is 0 Å². The monoisotopic (exact) mass is 517 g/mol. The SMILES string of the molecule is CN1CCN(c2ccc3nc(-c4cn(C5CC(CNC(=O)OC(C)(C)C)C5)nc4C4CC4)cnc3c2)CC1. The van der Waals surface area contributed by atoms with Crippen molar-refractivity contribution >= 4 is 22.8 Å². The Labute approximate surface area is 224 Å². The summed E-state index contributed by atoms with van der Waals surface area (Å²) in [6, 6.07) is 6.81. The highest BCUT2D eigenvalue weighted by Crippen LogP contribution is 2.45. The lowest BCUT2D eigenvalue weighted by molar-refractivity contribution is 0.0498. The molecule has 1 N–H and O–H groups in total. The second kappa shape index (κ2) is 9.84. The van der Waals surface area contributed by atoms with Crippen LogP contribution in [0, 0.1) is 5.92 Å². The number of aromatic nitrogens is 4. The number of nitrogens with one attached hydrogen (secondary N) is 1. The number of likely N-dealkylation sites (N-methyl/N-ethyl adjacent to an activating group) is 1. The van der Waals surface area contributed by atoms with E-state index in [1.54, 1.807) is 0 Å². The Kier molecular flexibility index (Phi) is 6.50. The lowest BCUT2D eigenvalue weighted by Crippen LogP contribution is -2.44. The molecule has 0 bridgehead atoms. The molecule has 202 valence electrons. The van der Waals surface area contributed by atoms with Gasteiger partial charge in [0.25, 0.3) is 0 Å². The molecule has 1 amide bonds. The van der Waals surface area contributed by atoms with Crippen LogP contribution < -0.4 is 10.2 Å². The molecular formula is C29H39N7O2. The smallest absolute Gasteiger partial charge is 0.407 e. The van der Waals surface area contributed by atoms with E-state index in [2.05, 4.69) is 51.2 Å². The summed E-state index contributed by atoms with van der Waals surface area (Å²) in [6.07, 6.45) is 8.11. The highest BCUT2D eigenvalue weighted by Gasteiger charge is 2.35. The third-order valence-electron chi connectivity index (χ3n) is 7.91. The van der Waals surface area contributed by atoms with E-state index in [4.69, 9.17) is 19.8 Å². The minimum absolute atomic E-state index is 0.344. The number of hydrogen-bond acceptors (Lipinski definition) is 7. The molecule has 2 aliphatic carbocycles. The standard InChI is InChI=1S/C29H39N7O2/c1-29(2,3)38-28(37)31-16-19-13-22(14-19)36-18-23(27(33-36)20-5-6-20)26-17-30-25-15-21(7-8-24(25)32-26)35-11-9-34(4)10-12-35/h7-8,15,17-20,22H,5-6,9-14,16H2,1-4H3,(H,31,37).